The Morgan fingerprint density at radius 3 is 1.69 bits per heavy atom. The average Bonchev–Trinajstić information content (AvgIpc) is 3.48. The second kappa shape index (κ2) is 8.90. The van der Waals surface area contributed by atoms with Crippen molar-refractivity contribution in [3.8, 4) is 37.7 Å². The lowest BCUT2D eigenvalue weighted by Crippen LogP contribution is -2.04. The van der Waals surface area contributed by atoms with Crippen LogP contribution in [-0.4, -0.2) is 7.05 Å². The lowest BCUT2D eigenvalue weighted by Gasteiger charge is -2.04. The Balaban J connectivity index is 1.92. The maximum absolute atomic E-state index is 9.36. The molecule has 0 amide bonds. The van der Waals surface area contributed by atoms with Gasteiger partial charge in [-0.25, -0.2) is 0 Å². The molecule has 0 saturated heterocycles. The van der Waals surface area contributed by atoms with Gasteiger partial charge in [-0.05, 0) is 50.2 Å². The van der Waals surface area contributed by atoms with Gasteiger partial charge in [0.25, 0.3) is 0 Å². The number of nitrogens with zero attached hydrogens (tertiary/aromatic N) is 3. The lowest BCUT2D eigenvalue weighted by molar-refractivity contribution is 1.12. The zero-order valence-electron chi connectivity index (χ0n) is 16.0. The normalized spacial score (nSPS) is 12.3. The van der Waals surface area contributed by atoms with E-state index in [1.807, 2.05) is 25.2 Å². The zero-order valence-corrected chi connectivity index (χ0v) is 18.5. The summed E-state index contributed by atoms with van der Waals surface area (Å²) < 4.78 is 0. The van der Waals surface area contributed by atoms with Crippen molar-refractivity contribution >= 4 is 45.3 Å². The molecule has 29 heavy (non-hydrogen) atoms. The first-order chi connectivity index (χ1) is 14.0. The molecule has 4 nitrogen and oxygen atoms in total. The largest absolute Gasteiger partial charge is 0.386 e. The van der Waals surface area contributed by atoms with Gasteiger partial charge in [0.1, 0.15) is 6.07 Å². The summed E-state index contributed by atoms with van der Waals surface area (Å²) in [7, 11) is 1.82. The van der Waals surface area contributed by atoms with Gasteiger partial charge in [-0.2, -0.15) is 15.8 Å². The minimum Gasteiger partial charge on any atom is -0.386 e. The summed E-state index contributed by atoms with van der Waals surface area (Å²) in [5.41, 5.74) is 2.38. The van der Waals surface area contributed by atoms with Crippen LogP contribution < -0.4 is 5.32 Å². The van der Waals surface area contributed by atoms with Crippen LogP contribution in [0.2, 0.25) is 0 Å². The number of nitrogens with one attached hydrogen (secondary N) is 1. The van der Waals surface area contributed by atoms with Gasteiger partial charge in [-0.15, -0.1) is 34.0 Å². The molecule has 0 atom stereocenters. The van der Waals surface area contributed by atoms with Crippen LogP contribution in [0.25, 0.3) is 30.8 Å². The third-order valence-electron chi connectivity index (χ3n) is 4.24. The average molecular weight is 433 g/mol. The topological polar surface area (TPSA) is 83.4 Å². The SMILES string of the molecule is CN/C(=C(\C)C#N)c1ccc(-c2ccc(-c3ccc(/C(C#N)=C(/C)C#N)s3)s2)s1. The first kappa shape index (κ1) is 20.6. The predicted molar refractivity (Wildman–Crippen MR) is 122 cm³/mol. The van der Waals surface area contributed by atoms with Crippen LogP contribution in [0.4, 0.5) is 0 Å². The molecule has 3 rings (SSSR count). The summed E-state index contributed by atoms with van der Waals surface area (Å²) >= 11 is 4.86. The summed E-state index contributed by atoms with van der Waals surface area (Å²) in [4.78, 5) is 6.33. The quantitative estimate of drug-likeness (QED) is 0.466. The van der Waals surface area contributed by atoms with Crippen molar-refractivity contribution in [2.75, 3.05) is 7.05 Å². The number of hydrogen-bond donors (Lipinski definition) is 1. The summed E-state index contributed by atoms with van der Waals surface area (Å²) in [6.07, 6.45) is 0. The van der Waals surface area contributed by atoms with E-state index in [9.17, 15) is 10.5 Å². The third-order valence-corrected chi connectivity index (χ3v) is 7.93. The summed E-state index contributed by atoms with van der Waals surface area (Å²) in [5, 5.41) is 30.7. The molecule has 0 spiro atoms. The van der Waals surface area contributed by atoms with Gasteiger partial charge in [0, 0.05) is 37.0 Å². The standard InChI is InChI=1S/C22H16N4S3/c1-13(10-23)15(12-25)16-4-5-17(27-16)18-6-7-19(28-18)20-8-9-21(29-20)22(26-3)14(2)11-24/h4-9,26H,1-3H3/b15-13-,22-14+. The molecule has 3 heterocycles. The van der Waals surface area contributed by atoms with E-state index in [1.54, 1.807) is 36.5 Å². The van der Waals surface area contributed by atoms with Crippen molar-refractivity contribution in [1.82, 2.24) is 5.32 Å². The van der Waals surface area contributed by atoms with Crippen LogP contribution in [0.1, 0.15) is 23.6 Å². The van der Waals surface area contributed by atoms with Crippen LogP contribution >= 0.6 is 34.0 Å². The fourth-order valence-corrected chi connectivity index (χ4v) is 6.10. The second-order valence-electron chi connectivity index (χ2n) is 6.08. The fraction of sp³-hybridized carbons (Fsp3) is 0.136. The smallest absolute Gasteiger partial charge is 0.102 e. The summed E-state index contributed by atoms with van der Waals surface area (Å²) in [5.74, 6) is 0. The molecule has 0 fully saturated rings. The van der Waals surface area contributed by atoms with Gasteiger partial charge in [-0.3, -0.25) is 0 Å². The molecule has 0 aliphatic heterocycles. The Hall–Kier alpha value is -3.15. The molecule has 1 N–H and O–H groups in total. The Morgan fingerprint density at radius 1 is 0.690 bits per heavy atom. The molecule has 0 aliphatic rings. The highest BCUT2D eigenvalue weighted by molar-refractivity contribution is 7.26. The first-order valence-electron chi connectivity index (χ1n) is 8.63. The molecule has 0 unspecified atom stereocenters. The Morgan fingerprint density at radius 2 is 1.17 bits per heavy atom. The van der Waals surface area contributed by atoms with Crippen LogP contribution in [0.5, 0.6) is 0 Å². The molecule has 0 saturated carbocycles. The minimum atomic E-state index is 0.430. The highest BCUT2D eigenvalue weighted by Crippen LogP contribution is 2.41. The Kier molecular flexibility index (Phi) is 6.32. The predicted octanol–water partition coefficient (Wildman–Crippen LogP) is 6.50. The molecule has 3 aromatic rings. The van der Waals surface area contributed by atoms with Crippen molar-refractivity contribution in [2.45, 2.75) is 13.8 Å². The van der Waals surface area contributed by atoms with Crippen molar-refractivity contribution in [3.63, 3.8) is 0 Å². The van der Waals surface area contributed by atoms with Crippen LogP contribution in [0, 0.1) is 34.0 Å². The number of allylic oxidation sites excluding steroid dienone is 3. The van der Waals surface area contributed by atoms with Crippen LogP contribution in [0.15, 0.2) is 47.5 Å². The second-order valence-corrected chi connectivity index (χ2v) is 9.33. The zero-order chi connectivity index (χ0) is 21.0. The van der Waals surface area contributed by atoms with Crippen molar-refractivity contribution in [3.05, 3.63) is 57.3 Å². The molecule has 7 heteroatoms. The van der Waals surface area contributed by atoms with E-state index in [-0.39, 0.29) is 0 Å². The Bertz CT molecular complexity index is 1250. The number of thiophene rings is 3. The molecule has 0 radical (unpaired) electrons. The molecule has 0 aliphatic carbocycles. The van der Waals surface area contributed by atoms with Crippen LogP contribution in [0.3, 0.4) is 0 Å². The van der Waals surface area contributed by atoms with E-state index >= 15 is 0 Å². The van der Waals surface area contributed by atoms with Gasteiger partial charge in [-0.1, -0.05) is 0 Å². The highest BCUT2D eigenvalue weighted by atomic mass is 32.1. The van der Waals surface area contributed by atoms with E-state index in [2.05, 4.69) is 41.7 Å². The molecule has 142 valence electrons. The highest BCUT2D eigenvalue weighted by Gasteiger charge is 2.14. The molecule has 3 aromatic heterocycles. The first-order valence-corrected chi connectivity index (χ1v) is 11.1. The summed E-state index contributed by atoms with van der Waals surface area (Å²) in [6, 6.07) is 18.6. The minimum absolute atomic E-state index is 0.430. The van der Waals surface area contributed by atoms with Gasteiger partial charge in [0.2, 0.25) is 0 Å². The lowest BCUT2D eigenvalue weighted by atomic mass is 10.1. The Labute approximate surface area is 181 Å². The molecular weight excluding hydrogens is 416 g/mol. The maximum Gasteiger partial charge on any atom is 0.102 e. The van der Waals surface area contributed by atoms with E-state index in [0.717, 1.165) is 35.0 Å². The number of hydrogen-bond acceptors (Lipinski definition) is 7. The van der Waals surface area contributed by atoms with E-state index < -0.39 is 0 Å². The van der Waals surface area contributed by atoms with Gasteiger partial charge in [0.15, 0.2) is 0 Å². The molecule has 0 bridgehead atoms. The maximum atomic E-state index is 9.36. The van der Waals surface area contributed by atoms with Crippen molar-refractivity contribution in [2.24, 2.45) is 0 Å². The van der Waals surface area contributed by atoms with Crippen molar-refractivity contribution in [1.29, 1.82) is 15.8 Å². The van der Waals surface area contributed by atoms with Crippen molar-refractivity contribution < 1.29 is 0 Å². The monoisotopic (exact) mass is 432 g/mol. The third kappa shape index (κ3) is 4.16. The molecule has 0 aromatic carbocycles. The number of rotatable bonds is 5. The fourth-order valence-electron chi connectivity index (χ4n) is 2.74. The van der Waals surface area contributed by atoms with E-state index in [4.69, 9.17) is 5.26 Å². The van der Waals surface area contributed by atoms with E-state index in [1.165, 1.54) is 11.3 Å². The summed E-state index contributed by atoms with van der Waals surface area (Å²) in [6.45, 7) is 3.47. The van der Waals surface area contributed by atoms with Gasteiger partial charge in [0.05, 0.1) is 33.9 Å². The van der Waals surface area contributed by atoms with Gasteiger partial charge < -0.3 is 5.32 Å². The van der Waals surface area contributed by atoms with Crippen LogP contribution in [-0.2, 0) is 0 Å². The van der Waals surface area contributed by atoms with E-state index in [0.29, 0.717) is 16.7 Å². The number of nitriles is 3. The molecular formula is C22H16N4S3. The van der Waals surface area contributed by atoms with Gasteiger partial charge >= 0.3 is 0 Å².